The number of carboxylic acid groups (broad SMARTS) is 1. The van der Waals surface area contributed by atoms with Gasteiger partial charge in [-0.15, -0.1) is 0 Å². The van der Waals surface area contributed by atoms with Crippen molar-refractivity contribution in [3.05, 3.63) is 29.8 Å². The normalized spacial score (nSPS) is 9.17. The predicted octanol–water partition coefficient (Wildman–Crippen LogP) is -3.04. The monoisotopic (exact) mass is 259 g/mol. The van der Waals surface area contributed by atoms with Crippen molar-refractivity contribution in [3.63, 3.8) is 0 Å². The van der Waals surface area contributed by atoms with E-state index in [-0.39, 0.29) is 29.6 Å². The molecule has 0 aliphatic rings. The van der Waals surface area contributed by atoms with Crippen LogP contribution in [0.15, 0.2) is 24.3 Å². The van der Waals surface area contributed by atoms with Crippen LogP contribution in [-0.2, 0) is 4.79 Å². The van der Waals surface area contributed by atoms with Gasteiger partial charge in [-0.2, -0.15) is 0 Å². The van der Waals surface area contributed by atoms with Crippen molar-refractivity contribution in [1.82, 2.24) is 5.32 Å². The zero-order valence-corrected chi connectivity index (χ0v) is 12.6. The SMILES string of the molecule is CCCOc1ccc(C(=O)NCC(=O)[O-])cc1.[Na+]. The van der Waals surface area contributed by atoms with Gasteiger partial charge in [-0.1, -0.05) is 6.92 Å². The fraction of sp³-hybridized carbons (Fsp3) is 0.333. The Labute approximate surface area is 128 Å². The second-order valence-corrected chi connectivity index (χ2v) is 3.43. The van der Waals surface area contributed by atoms with E-state index < -0.39 is 18.4 Å². The van der Waals surface area contributed by atoms with Crippen molar-refractivity contribution in [1.29, 1.82) is 0 Å². The first-order valence-electron chi connectivity index (χ1n) is 5.34. The zero-order valence-electron chi connectivity index (χ0n) is 10.6. The van der Waals surface area contributed by atoms with Crippen molar-refractivity contribution in [2.45, 2.75) is 13.3 Å². The average Bonchev–Trinajstić information content (AvgIpc) is 2.34. The predicted molar refractivity (Wildman–Crippen MR) is 59.6 cm³/mol. The molecule has 6 heteroatoms. The van der Waals surface area contributed by atoms with Crippen molar-refractivity contribution in [3.8, 4) is 5.75 Å². The van der Waals surface area contributed by atoms with Crippen LogP contribution in [0.25, 0.3) is 0 Å². The quantitative estimate of drug-likeness (QED) is 0.551. The van der Waals surface area contributed by atoms with E-state index in [1.54, 1.807) is 24.3 Å². The summed E-state index contributed by atoms with van der Waals surface area (Å²) in [5, 5.41) is 12.4. The van der Waals surface area contributed by atoms with Crippen LogP contribution in [0.5, 0.6) is 5.75 Å². The minimum Gasteiger partial charge on any atom is -0.548 e. The van der Waals surface area contributed by atoms with E-state index in [0.717, 1.165) is 6.42 Å². The third-order valence-corrected chi connectivity index (χ3v) is 1.98. The van der Waals surface area contributed by atoms with Gasteiger partial charge >= 0.3 is 29.6 Å². The van der Waals surface area contributed by atoms with E-state index in [1.807, 2.05) is 6.92 Å². The Hall–Kier alpha value is -1.04. The molecular weight excluding hydrogens is 245 g/mol. The van der Waals surface area contributed by atoms with Crippen molar-refractivity contribution >= 4 is 11.9 Å². The average molecular weight is 259 g/mol. The first-order valence-corrected chi connectivity index (χ1v) is 5.34. The Morgan fingerprint density at radius 1 is 1.28 bits per heavy atom. The fourth-order valence-corrected chi connectivity index (χ4v) is 1.18. The van der Waals surface area contributed by atoms with Crippen molar-refractivity contribution < 1.29 is 49.0 Å². The van der Waals surface area contributed by atoms with Crippen molar-refractivity contribution in [2.75, 3.05) is 13.2 Å². The fourth-order valence-electron chi connectivity index (χ4n) is 1.18. The second-order valence-electron chi connectivity index (χ2n) is 3.43. The minimum absolute atomic E-state index is 0. The number of amides is 1. The Morgan fingerprint density at radius 3 is 2.39 bits per heavy atom. The third-order valence-electron chi connectivity index (χ3n) is 1.98. The molecule has 1 aromatic carbocycles. The van der Waals surface area contributed by atoms with Gasteiger partial charge in [-0.25, -0.2) is 0 Å². The van der Waals surface area contributed by atoms with Gasteiger partial charge < -0.3 is 20.0 Å². The standard InChI is InChI=1S/C12H15NO4.Na/c1-2-7-17-10-5-3-9(4-6-10)12(16)13-8-11(14)15;/h3-6H,2,7-8H2,1H3,(H,13,16)(H,14,15);/q;+1/p-1. The summed E-state index contributed by atoms with van der Waals surface area (Å²) in [6.45, 7) is 2.13. The van der Waals surface area contributed by atoms with Gasteiger partial charge in [0.15, 0.2) is 0 Å². The molecule has 1 N–H and O–H groups in total. The molecule has 0 radical (unpaired) electrons. The molecule has 92 valence electrons. The molecule has 0 unspecified atom stereocenters. The molecule has 0 heterocycles. The summed E-state index contributed by atoms with van der Waals surface area (Å²) in [7, 11) is 0. The number of hydrogen-bond donors (Lipinski definition) is 1. The number of benzene rings is 1. The Bertz CT molecular complexity index is 392. The largest absolute Gasteiger partial charge is 1.00 e. The molecule has 0 atom stereocenters. The van der Waals surface area contributed by atoms with Crippen LogP contribution in [-0.4, -0.2) is 25.0 Å². The molecule has 0 spiro atoms. The first-order chi connectivity index (χ1) is 8.13. The number of carbonyl (C=O) groups excluding carboxylic acids is 2. The Balaban J connectivity index is 0.00000289. The van der Waals surface area contributed by atoms with Gasteiger partial charge in [0, 0.05) is 5.56 Å². The maximum absolute atomic E-state index is 11.4. The molecule has 5 nitrogen and oxygen atoms in total. The van der Waals surface area contributed by atoms with Gasteiger partial charge in [0.2, 0.25) is 0 Å². The summed E-state index contributed by atoms with van der Waals surface area (Å²) in [5.74, 6) is -1.08. The van der Waals surface area contributed by atoms with Crippen LogP contribution in [0.3, 0.4) is 0 Å². The molecule has 1 amide bonds. The van der Waals surface area contributed by atoms with Crippen LogP contribution in [0.4, 0.5) is 0 Å². The van der Waals surface area contributed by atoms with Gasteiger partial charge in [-0.3, -0.25) is 4.79 Å². The molecule has 0 saturated carbocycles. The Morgan fingerprint density at radius 2 is 1.89 bits per heavy atom. The van der Waals surface area contributed by atoms with Crippen LogP contribution >= 0.6 is 0 Å². The molecule has 0 aliphatic heterocycles. The summed E-state index contributed by atoms with van der Waals surface area (Å²) >= 11 is 0. The number of aliphatic carboxylic acids is 1. The molecule has 0 aromatic heterocycles. The summed E-state index contributed by atoms with van der Waals surface area (Å²) in [6, 6.07) is 6.50. The molecule has 1 rings (SSSR count). The van der Waals surface area contributed by atoms with Crippen LogP contribution in [0.1, 0.15) is 23.7 Å². The molecule has 0 bridgehead atoms. The number of nitrogens with one attached hydrogen (secondary N) is 1. The number of hydrogen-bond acceptors (Lipinski definition) is 4. The van der Waals surface area contributed by atoms with Gasteiger partial charge in [0.05, 0.1) is 19.1 Å². The maximum atomic E-state index is 11.4. The summed E-state index contributed by atoms with van der Waals surface area (Å²) in [6.07, 6.45) is 0.911. The third kappa shape index (κ3) is 6.05. The number of carboxylic acids is 1. The molecule has 0 saturated heterocycles. The molecule has 1 aromatic rings. The van der Waals surface area contributed by atoms with Gasteiger partial charge in [0.25, 0.3) is 5.91 Å². The number of ether oxygens (including phenoxy) is 1. The molecule has 0 aliphatic carbocycles. The zero-order chi connectivity index (χ0) is 12.7. The van der Waals surface area contributed by atoms with E-state index in [9.17, 15) is 14.7 Å². The second kappa shape index (κ2) is 8.97. The minimum atomic E-state index is -1.32. The summed E-state index contributed by atoms with van der Waals surface area (Å²) in [5.41, 5.74) is 0.384. The van der Waals surface area contributed by atoms with Crippen molar-refractivity contribution in [2.24, 2.45) is 0 Å². The molecule has 18 heavy (non-hydrogen) atoms. The maximum Gasteiger partial charge on any atom is 1.00 e. The smallest absolute Gasteiger partial charge is 0.548 e. The van der Waals surface area contributed by atoms with E-state index in [0.29, 0.717) is 17.9 Å². The van der Waals surface area contributed by atoms with Crippen LogP contribution < -0.4 is 44.7 Å². The number of carbonyl (C=O) groups is 2. The van der Waals surface area contributed by atoms with E-state index >= 15 is 0 Å². The Kier molecular flexibility index (Phi) is 8.45. The van der Waals surface area contributed by atoms with E-state index in [1.165, 1.54) is 0 Å². The topological polar surface area (TPSA) is 78.5 Å². The number of rotatable bonds is 6. The first kappa shape index (κ1) is 17.0. The van der Waals surface area contributed by atoms with Gasteiger partial charge in [-0.05, 0) is 30.7 Å². The van der Waals surface area contributed by atoms with E-state index in [2.05, 4.69) is 5.32 Å². The summed E-state index contributed by atoms with van der Waals surface area (Å²) in [4.78, 5) is 21.6. The molecular formula is C12H14NNaO4. The summed E-state index contributed by atoms with van der Waals surface area (Å²) < 4.78 is 5.35. The van der Waals surface area contributed by atoms with Gasteiger partial charge in [0.1, 0.15) is 5.75 Å². The molecule has 0 fully saturated rings. The van der Waals surface area contributed by atoms with Crippen LogP contribution in [0.2, 0.25) is 0 Å². The van der Waals surface area contributed by atoms with E-state index in [4.69, 9.17) is 4.74 Å². The van der Waals surface area contributed by atoms with Crippen LogP contribution in [0, 0.1) is 0 Å².